The molecule has 0 heterocycles. The molecule has 0 atom stereocenters. The van der Waals surface area contributed by atoms with E-state index in [0.29, 0.717) is 0 Å². The van der Waals surface area contributed by atoms with Crippen LogP contribution in [0, 0.1) is 6.42 Å². The molecule has 0 aliphatic rings. The van der Waals surface area contributed by atoms with E-state index < -0.39 is 0 Å². The Balaban J connectivity index is 3.81. The molecule has 0 aromatic carbocycles. The summed E-state index contributed by atoms with van der Waals surface area (Å²) in [5.41, 5.74) is 1.30. The largest absolute Gasteiger partial charge is 0.381 e. The molecule has 0 aliphatic carbocycles. The number of hydrogen-bond acceptors (Lipinski definition) is 1. The lowest BCUT2D eigenvalue weighted by molar-refractivity contribution is 0.517. The minimum Gasteiger partial charge on any atom is -0.381 e. The van der Waals surface area contributed by atoms with Crippen molar-refractivity contribution in [3.8, 4) is 0 Å². The molecule has 0 amide bonds. The predicted octanol–water partition coefficient (Wildman–Crippen LogP) is 2.07. The molecule has 1 nitrogen and oxygen atoms in total. The van der Waals surface area contributed by atoms with Crippen LogP contribution in [0.2, 0.25) is 0 Å². The molecule has 0 aromatic rings. The van der Waals surface area contributed by atoms with Crippen molar-refractivity contribution in [2.24, 2.45) is 0 Å². The van der Waals surface area contributed by atoms with Crippen LogP contribution >= 0.6 is 0 Å². The third-order valence-electron chi connectivity index (χ3n) is 1.23. The topological polar surface area (TPSA) is 3.24 Å². The molecular weight excluding hydrogens is 110 g/mol. The van der Waals surface area contributed by atoms with E-state index >= 15 is 0 Å². The number of rotatable bonds is 3. The summed E-state index contributed by atoms with van der Waals surface area (Å²) in [7, 11) is 4.11. The van der Waals surface area contributed by atoms with Crippen LogP contribution in [0.3, 0.4) is 0 Å². The number of hydrogen-bond donors (Lipinski definition) is 0. The SMILES string of the molecule is C[CH]C(=CCC)N(C)C. The van der Waals surface area contributed by atoms with Gasteiger partial charge in [0.25, 0.3) is 0 Å². The minimum absolute atomic E-state index is 1.11. The highest BCUT2D eigenvalue weighted by Crippen LogP contribution is 2.02. The first kappa shape index (κ1) is 8.54. The van der Waals surface area contributed by atoms with Crippen LogP contribution in [0.1, 0.15) is 20.3 Å². The zero-order chi connectivity index (χ0) is 7.28. The molecule has 0 aliphatic heterocycles. The Morgan fingerprint density at radius 1 is 1.44 bits per heavy atom. The van der Waals surface area contributed by atoms with E-state index in [4.69, 9.17) is 0 Å². The predicted molar refractivity (Wildman–Crippen MR) is 42.0 cm³/mol. The average molecular weight is 126 g/mol. The highest BCUT2D eigenvalue weighted by molar-refractivity contribution is 5.08. The van der Waals surface area contributed by atoms with Crippen molar-refractivity contribution < 1.29 is 0 Å². The zero-order valence-electron chi connectivity index (χ0n) is 6.81. The van der Waals surface area contributed by atoms with Crippen molar-refractivity contribution in [3.05, 3.63) is 18.2 Å². The molecule has 9 heavy (non-hydrogen) atoms. The van der Waals surface area contributed by atoms with Crippen molar-refractivity contribution in [2.75, 3.05) is 14.1 Å². The second kappa shape index (κ2) is 4.42. The van der Waals surface area contributed by atoms with Gasteiger partial charge in [-0.25, -0.2) is 0 Å². The number of nitrogens with zero attached hydrogens (tertiary/aromatic N) is 1. The number of allylic oxidation sites excluding steroid dienone is 2. The fourth-order valence-corrected chi connectivity index (χ4v) is 0.768. The van der Waals surface area contributed by atoms with Crippen LogP contribution in [0.15, 0.2) is 11.8 Å². The van der Waals surface area contributed by atoms with Gasteiger partial charge in [-0.05, 0) is 6.42 Å². The summed E-state index contributed by atoms with van der Waals surface area (Å²) >= 11 is 0. The Bertz CT molecular complexity index is 92.7. The Kier molecular flexibility index (Phi) is 4.20. The first-order chi connectivity index (χ1) is 4.22. The standard InChI is InChI=1S/C8H16N/c1-5-7-8(6-2)9(3)4/h6-7H,5H2,1-4H3. The molecule has 0 fully saturated rings. The Labute approximate surface area is 58.4 Å². The average Bonchev–Trinajstić information content (AvgIpc) is 1.82. The molecule has 0 saturated heterocycles. The van der Waals surface area contributed by atoms with Crippen LogP contribution in [-0.4, -0.2) is 19.0 Å². The summed E-state index contributed by atoms with van der Waals surface area (Å²) < 4.78 is 0. The quantitative estimate of drug-likeness (QED) is 0.559. The maximum Gasteiger partial charge on any atom is 0.0122 e. The lowest BCUT2D eigenvalue weighted by Crippen LogP contribution is -2.10. The van der Waals surface area contributed by atoms with E-state index in [1.54, 1.807) is 0 Å². The molecule has 0 N–H and O–H groups in total. The third kappa shape index (κ3) is 3.17. The Hall–Kier alpha value is -0.460. The van der Waals surface area contributed by atoms with E-state index in [2.05, 4.69) is 45.3 Å². The maximum absolute atomic E-state index is 2.21. The smallest absolute Gasteiger partial charge is 0.0122 e. The van der Waals surface area contributed by atoms with Gasteiger partial charge in [0.1, 0.15) is 0 Å². The van der Waals surface area contributed by atoms with Gasteiger partial charge in [-0.1, -0.05) is 19.9 Å². The van der Waals surface area contributed by atoms with Gasteiger partial charge < -0.3 is 4.90 Å². The van der Waals surface area contributed by atoms with E-state index in [0.717, 1.165) is 6.42 Å². The lowest BCUT2D eigenvalue weighted by atomic mass is 10.3. The van der Waals surface area contributed by atoms with Gasteiger partial charge in [0.05, 0.1) is 0 Å². The van der Waals surface area contributed by atoms with Crippen molar-refractivity contribution in [1.29, 1.82) is 0 Å². The fraction of sp³-hybridized carbons (Fsp3) is 0.625. The highest BCUT2D eigenvalue weighted by atomic mass is 15.1. The van der Waals surface area contributed by atoms with Crippen molar-refractivity contribution in [3.63, 3.8) is 0 Å². The summed E-state index contributed by atoms with van der Waals surface area (Å²) in [4.78, 5) is 2.11. The summed E-state index contributed by atoms with van der Waals surface area (Å²) in [6.07, 6.45) is 5.43. The molecule has 0 rings (SSSR count). The van der Waals surface area contributed by atoms with Gasteiger partial charge in [0.15, 0.2) is 0 Å². The minimum atomic E-state index is 1.11. The van der Waals surface area contributed by atoms with Gasteiger partial charge in [-0.2, -0.15) is 0 Å². The van der Waals surface area contributed by atoms with E-state index in [-0.39, 0.29) is 0 Å². The van der Waals surface area contributed by atoms with Crippen LogP contribution < -0.4 is 0 Å². The van der Waals surface area contributed by atoms with Crippen LogP contribution in [0.4, 0.5) is 0 Å². The van der Waals surface area contributed by atoms with E-state index in [1.807, 2.05) is 0 Å². The highest BCUT2D eigenvalue weighted by Gasteiger charge is 1.92. The summed E-state index contributed by atoms with van der Waals surface area (Å²) in [5.74, 6) is 0. The summed E-state index contributed by atoms with van der Waals surface area (Å²) in [6.45, 7) is 4.20. The van der Waals surface area contributed by atoms with Crippen LogP contribution in [-0.2, 0) is 0 Å². The first-order valence-corrected chi connectivity index (χ1v) is 3.39. The molecule has 0 unspecified atom stereocenters. The van der Waals surface area contributed by atoms with E-state index in [1.165, 1.54) is 5.70 Å². The zero-order valence-corrected chi connectivity index (χ0v) is 6.81. The molecule has 0 aromatic heterocycles. The van der Waals surface area contributed by atoms with Crippen LogP contribution in [0.25, 0.3) is 0 Å². The fourth-order valence-electron chi connectivity index (χ4n) is 0.768. The molecule has 53 valence electrons. The molecular formula is C8H16N. The van der Waals surface area contributed by atoms with Crippen LogP contribution in [0.5, 0.6) is 0 Å². The molecule has 1 heteroatoms. The van der Waals surface area contributed by atoms with Crippen molar-refractivity contribution >= 4 is 0 Å². The van der Waals surface area contributed by atoms with Crippen molar-refractivity contribution in [2.45, 2.75) is 20.3 Å². The molecule has 0 saturated carbocycles. The Morgan fingerprint density at radius 2 is 2.00 bits per heavy atom. The second-order valence-corrected chi connectivity index (χ2v) is 2.22. The molecule has 0 bridgehead atoms. The van der Waals surface area contributed by atoms with Gasteiger partial charge in [-0.3, -0.25) is 0 Å². The monoisotopic (exact) mass is 126 g/mol. The maximum atomic E-state index is 2.21. The molecule has 1 radical (unpaired) electrons. The normalized spacial score (nSPS) is 11.8. The third-order valence-corrected chi connectivity index (χ3v) is 1.23. The van der Waals surface area contributed by atoms with Gasteiger partial charge >= 0.3 is 0 Å². The Morgan fingerprint density at radius 3 is 2.11 bits per heavy atom. The van der Waals surface area contributed by atoms with Crippen molar-refractivity contribution in [1.82, 2.24) is 4.90 Å². The van der Waals surface area contributed by atoms with Gasteiger partial charge in [0, 0.05) is 26.2 Å². The second-order valence-electron chi connectivity index (χ2n) is 2.22. The van der Waals surface area contributed by atoms with Gasteiger partial charge in [0.2, 0.25) is 0 Å². The first-order valence-electron chi connectivity index (χ1n) is 3.39. The summed E-state index contributed by atoms with van der Waals surface area (Å²) in [6, 6.07) is 0. The van der Waals surface area contributed by atoms with Gasteiger partial charge in [-0.15, -0.1) is 0 Å². The molecule has 0 spiro atoms. The lowest BCUT2D eigenvalue weighted by Gasteiger charge is -2.14. The summed E-state index contributed by atoms with van der Waals surface area (Å²) in [5, 5.41) is 0. The van der Waals surface area contributed by atoms with E-state index in [9.17, 15) is 0 Å².